The average molecular weight is 1010 g/mol. The molecular weight excluding hydrogens is 975 g/mol. The van der Waals surface area contributed by atoms with Crippen molar-refractivity contribution in [2.24, 2.45) is 0 Å². The van der Waals surface area contributed by atoms with Crippen molar-refractivity contribution in [2.45, 2.75) is 93.8 Å². The summed E-state index contributed by atoms with van der Waals surface area (Å²) >= 11 is -0.361. The van der Waals surface area contributed by atoms with Crippen LogP contribution in [0.15, 0.2) is 0 Å². The summed E-state index contributed by atoms with van der Waals surface area (Å²) in [6, 6.07) is 0. The van der Waals surface area contributed by atoms with E-state index in [1.54, 1.807) is 27.7 Å². The standard InChI is InChI=1S/C12H8F17NO4S.2C3H8O.4ClH.2Cr.3H2O/c1-2-30(3-4(31)32)35(33,34)12(28,29)10(23,24)8(19,20)6(15,16)5(13,14)7(17,18)9(21,22)11(25,26)27;2*1-3(2)4;;;;;;;;;/h2-3H2,1H3,(H,31,32);2*3-4H,1-2H3;4*1H;;;3*1H2/q;;;;;;;2*+2;;;/p-4. The third-order valence-electron chi connectivity index (χ3n) is 4.02. The molecule has 0 aromatic rings. The Balaban J connectivity index is -0.000000162. The molecule has 0 saturated carbocycles. The zero-order chi connectivity index (χ0) is 41.6. The molecule has 0 aromatic heterocycles. The number of nitrogens with zero attached hydrogens (tertiary/aromatic N) is 1. The summed E-state index contributed by atoms with van der Waals surface area (Å²) in [5.41, 5.74) is 0. The summed E-state index contributed by atoms with van der Waals surface area (Å²) in [5, 5.41) is 16.7. The molecule has 0 aromatic carbocycles. The quantitative estimate of drug-likeness (QED) is 0.220. The minimum atomic E-state index is -8.94. The number of hydrogen-bond acceptors (Lipinski definition) is 5. The molecule has 0 spiro atoms. The van der Waals surface area contributed by atoms with E-state index in [4.69, 9.17) is 55.5 Å². The van der Waals surface area contributed by atoms with Gasteiger partial charge in [-0.2, -0.15) is 78.9 Å². The summed E-state index contributed by atoms with van der Waals surface area (Å²) in [6.45, 7) is 3.38. The summed E-state index contributed by atoms with van der Waals surface area (Å²) in [4.78, 5) is 10.4. The normalized spacial score (nSPS) is 12.9. The first-order valence-corrected chi connectivity index (χ1v) is 19.7. The molecule has 0 aliphatic heterocycles. The van der Waals surface area contributed by atoms with E-state index in [2.05, 4.69) is 0 Å². The van der Waals surface area contributed by atoms with Crippen LogP contribution in [0.2, 0.25) is 0 Å². The van der Waals surface area contributed by atoms with Gasteiger partial charge >= 0.3 is 120 Å². The van der Waals surface area contributed by atoms with Gasteiger partial charge in [-0.15, -0.1) is 0 Å². The Labute approximate surface area is 312 Å². The molecule has 10 nitrogen and oxygen atoms in total. The Morgan fingerprint density at radius 1 is 0.596 bits per heavy atom. The van der Waals surface area contributed by atoms with Crippen molar-refractivity contribution < 1.29 is 146 Å². The molecule has 0 fully saturated rings. The number of aliphatic carboxylic acids is 1. The van der Waals surface area contributed by atoms with Crippen LogP contribution in [0.5, 0.6) is 0 Å². The van der Waals surface area contributed by atoms with E-state index in [-0.39, 0.29) is 55.4 Å². The zero-order valence-electron chi connectivity index (χ0n) is 25.7. The number of carboxylic acid groups (broad SMARTS) is 1. The summed E-state index contributed by atoms with van der Waals surface area (Å²) in [5.74, 6) is -54.7. The number of carbonyl (C=O) groups is 1. The molecule has 0 unspecified atom stereocenters. The van der Waals surface area contributed by atoms with Crippen molar-refractivity contribution in [3.05, 3.63) is 0 Å². The van der Waals surface area contributed by atoms with Crippen LogP contribution < -0.4 is 0 Å². The van der Waals surface area contributed by atoms with Gasteiger partial charge in [-0.25, -0.2) is 8.42 Å². The maximum absolute atomic E-state index is 13.9. The first-order chi connectivity index (χ1) is 21.2. The number of aliphatic hydroxyl groups excluding tert-OH is 2. The Kier molecular flexibility index (Phi) is 35.3. The number of hydrogen-bond donors (Lipinski definition) is 3. The van der Waals surface area contributed by atoms with Gasteiger partial charge in [0.2, 0.25) is 0 Å². The van der Waals surface area contributed by atoms with Crippen LogP contribution in [0, 0.1) is 0 Å². The third-order valence-corrected chi connectivity index (χ3v) is 5.99. The number of sulfonamides is 1. The van der Waals surface area contributed by atoms with Crippen molar-refractivity contribution >= 4 is 56.2 Å². The molecule has 0 saturated heterocycles. The Morgan fingerprint density at radius 2 is 0.788 bits per heavy atom. The monoisotopic (exact) mass is 1000 g/mol. The molecule has 0 bridgehead atoms. The fourth-order valence-electron chi connectivity index (χ4n) is 1.99. The van der Waals surface area contributed by atoms with Gasteiger partial charge in [-0.1, -0.05) is 6.92 Å². The molecule has 52 heavy (non-hydrogen) atoms. The second-order valence-electron chi connectivity index (χ2n) is 8.59. The van der Waals surface area contributed by atoms with E-state index in [1.807, 2.05) is 0 Å². The Bertz CT molecular complexity index is 1070. The van der Waals surface area contributed by atoms with Crippen LogP contribution in [0.1, 0.15) is 34.6 Å². The molecule has 0 radical (unpaired) electrons. The second-order valence-corrected chi connectivity index (χ2v) is 14.8. The number of carboxylic acids is 1. The number of halogens is 21. The van der Waals surface area contributed by atoms with E-state index in [1.165, 1.54) is 0 Å². The fourth-order valence-corrected chi connectivity index (χ4v) is 3.39. The van der Waals surface area contributed by atoms with Gasteiger partial charge in [0.15, 0.2) is 0 Å². The molecule has 0 atom stereocenters. The Morgan fingerprint density at radius 3 is 0.962 bits per heavy atom. The van der Waals surface area contributed by atoms with Gasteiger partial charge < -0.3 is 31.7 Å². The molecule has 0 rings (SSSR count). The van der Waals surface area contributed by atoms with Crippen LogP contribution in [0.4, 0.5) is 74.6 Å². The van der Waals surface area contributed by atoms with Gasteiger partial charge in [-0.3, -0.25) is 4.79 Å². The van der Waals surface area contributed by atoms with Crippen molar-refractivity contribution in [1.29, 1.82) is 0 Å². The number of likely N-dealkylation sites (N-methyl/N-ethyl adjacent to an activating group) is 1. The van der Waals surface area contributed by atoms with E-state index in [0.717, 1.165) is 0 Å². The van der Waals surface area contributed by atoms with Crippen LogP contribution in [0.3, 0.4) is 0 Å². The SMILES string of the molecule is CC(C)O.CC(C)O.CCN(CC(=O)O)S(=O)(=O)C(F)(F)C(F)(F)C(F)(F)C(F)(F)C(F)(F)C(F)(F)C(F)(F)C(F)(F)F.O.O.O.[Cl][Cr][Cl].[Cl][Cr][Cl]. The predicted molar refractivity (Wildman–Crippen MR) is 143 cm³/mol. The number of rotatable bonds is 11. The van der Waals surface area contributed by atoms with Crippen molar-refractivity contribution in [3.63, 3.8) is 0 Å². The summed E-state index contributed by atoms with van der Waals surface area (Å²) in [7, 11) is 11.7. The van der Waals surface area contributed by atoms with Crippen molar-refractivity contribution in [2.75, 3.05) is 13.1 Å². The molecule has 0 aliphatic rings. The van der Waals surface area contributed by atoms with Gasteiger partial charge in [0.25, 0.3) is 10.0 Å². The van der Waals surface area contributed by atoms with Crippen LogP contribution in [-0.2, 0) is 41.6 Å². The third kappa shape index (κ3) is 17.1. The Hall–Kier alpha value is 0.215. The predicted octanol–water partition coefficient (Wildman–Crippen LogP) is 5.74. The topological polar surface area (TPSA) is 210 Å². The van der Waals surface area contributed by atoms with Crippen LogP contribution in [0.25, 0.3) is 0 Å². The molecule has 34 heteroatoms. The van der Waals surface area contributed by atoms with Crippen LogP contribution >= 0.6 is 40.2 Å². The van der Waals surface area contributed by atoms with E-state index in [0.29, 0.717) is 6.92 Å². The minimum absolute atomic E-state index is 0. The zero-order valence-corrected chi connectivity index (χ0v) is 32.1. The van der Waals surface area contributed by atoms with Crippen LogP contribution in [-0.4, -0.2) is 123 Å². The second kappa shape index (κ2) is 26.2. The van der Waals surface area contributed by atoms with Gasteiger partial charge in [0.1, 0.15) is 6.54 Å². The molecular formula is C18H30Cl4Cr2F17NO9S. The first-order valence-electron chi connectivity index (χ1n) is 11.2. The van der Waals surface area contributed by atoms with Gasteiger partial charge in [0.05, 0.1) is 0 Å². The van der Waals surface area contributed by atoms with Gasteiger partial charge in [0, 0.05) is 18.8 Å². The van der Waals surface area contributed by atoms with E-state index >= 15 is 0 Å². The number of alkyl halides is 17. The summed E-state index contributed by atoms with van der Waals surface area (Å²) in [6.07, 6.45) is -8.25. The fraction of sp³-hybridized carbons (Fsp3) is 0.944. The maximum atomic E-state index is 13.9. The number of aliphatic hydroxyl groups is 2. The average Bonchev–Trinajstić information content (AvgIpc) is 2.85. The molecule has 0 amide bonds. The molecule has 326 valence electrons. The van der Waals surface area contributed by atoms with E-state index in [9.17, 15) is 87.8 Å². The molecule has 9 N–H and O–H groups in total. The van der Waals surface area contributed by atoms with Crippen molar-refractivity contribution in [1.82, 2.24) is 4.31 Å². The van der Waals surface area contributed by atoms with Gasteiger partial charge in [-0.05, 0) is 27.7 Å². The van der Waals surface area contributed by atoms with E-state index < -0.39 is 80.4 Å². The summed E-state index contributed by atoms with van der Waals surface area (Å²) < 4.78 is 245. The first kappa shape index (κ1) is 70.1. The van der Waals surface area contributed by atoms with Crippen molar-refractivity contribution in [3.8, 4) is 0 Å². The molecule has 0 heterocycles. The molecule has 0 aliphatic carbocycles.